The Hall–Kier alpha value is -0.0400. The average molecular weight is 214 g/mol. The van der Waals surface area contributed by atoms with E-state index in [0.717, 1.165) is 19.3 Å². The Kier molecular flexibility index (Phi) is 5.32. The summed E-state index contributed by atoms with van der Waals surface area (Å²) in [7, 11) is 0. The van der Waals surface area contributed by atoms with Gasteiger partial charge in [-0.1, -0.05) is 54.9 Å². The van der Waals surface area contributed by atoms with E-state index in [1.807, 2.05) is 0 Å². The van der Waals surface area contributed by atoms with Crippen LogP contribution in [0.2, 0.25) is 0 Å². The summed E-state index contributed by atoms with van der Waals surface area (Å²) in [5, 5.41) is 10.2. The van der Waals surface area contributed by atoms with Crippen molar-refractivity contribution in [1.29, 1.82) is 0 Å². The van der Waals surface area contributed by atoms with Crippen LogP contribution in [0.25, 0.3) is 0 Å². The van der Waals surface area contributed by atoms with Gasteiger partial charge in [-0.2, -0.15) is 0 Å². The molecule has 0 heterocycles. The van der Waals surface area contributed by atoms with E-state index in [2.05, 4.69) is 48.5 Å². The predicted molar refractivity (Wildman–Crippen MR) is 67.9 cm³/mol. The van der Waals surface area contributed by atoms with Crippen molar-refractivity contribution >= 4 is 0 Å². The molecule has 0 aromatic heterocycles. The van der Waals surface area contributed by atoms with E-state index in [1.165, 1.54) is 0 Å². The van der Waals surface area contributed by atoms with Gasteiger partial charge in [-0.15, -0.1) is 0 Å². The third-order valence-corrected chi connectivity index (χ3v) is 4.04. The topological polar surface area (TPSA) is 20.2 Å². The fourth-order valence-electron chi connectivity index (χ4n) is 1.96. The zero-order valence-corrected chi connectivity index (χ0v) is 11.7. The highest BCUT2D eigenvalue weighted by Crippen LogP contribution is 2.37. The van der Waals surface area contributed by atoms with Crippen LogP contribution in [0, 0.1) is 16.7 Å². The molecule has 1 heteroatoms. The lowest BCUT2D eigenvalue weighted by atomic mass is 9.71. The summed E-state index contributed by atoms with van der Waals surface area (Å²) in [6.45, 7) is 15.5. The van der Waals surface area contributed by atoms with Crippen molar-refractivity contribution in [1.82, 2.24) is 0 Å². The number of hydrogen-bond acceptors (Lipinski definition) is 1. The highest BCUT2D eigenvalue weighted by atomic mass is 16.3. The third-order valence-electron chi connectivity index (χ3n) is 4.04. The van der Waals surface area contributed by atoms with Crippen molar-refractivity contribution in [3.05, 3.63) is 0 Å². The maximum Gasteiger partial charge on any atom is 0.0593 e. The first kappa shape index (κ1) is 15.0. The summed E-state index contributed by atoms with van der Waals surface area (Å²) in [6.07, 6.45) is 2.95. The lowest BCUT2D eigenvalue weighted by Gasteiger charge is -2.37. The monoisotopic (exact) mass is 214 g/mol. The van der Waals surface area contributed by atoms with Crippen molar-refractivity contribution in [2.24, 2.45) is 16.7 Å². The predicted octanol–water partition coefficient (Wildman–Crippen LogP) is 4.25. The number of aliphatic hydroxyl groups excluding tert-OH is 1. The van der Waals surface area contributed by atoms with E-state index >= 15 is 0 Å². The van der Waals surface area contributed by atoms with Gasteiger partial charge in [-0.3, -0.25) is 0 Å². The lowest BCUT2D eigenvalue weighted by molar-refractivity contribution is 0.00970. The molecule has 1 nitrogen and oxygen atoms in total. The second kappa shape index (κ2) is 5.34. The summed E-state index contributed by atoms with van der Waals surface area (Å²) >= 11 is 0. The summed E-state index contributed by atoms with van der Waals surface area (Å²) in [5.74, 6) is 0.610. The van der Waals surface area contributed by atoms with Crippen molar-refractivity contribution < 1.29 is 5.11 Å². The Bertz CT molecular complexity index is 176. The van der Waals surface area contributed by atoms with Gasteiger partial charge in [0.1, 0.15) is 0 Å². The van der Waals surface area contributed by atoms with Crippen LogP contribution < -0.4 is 0 Å². The van der Waals surface area contributed by atoms with Gasteiger partial charge in [0.15, 0.2) is 0 Å². The zero-order valence-electron chi connectivity index (χ0n) is 11.7. The molecule has 0 aliphatic carbocycles. The van der Waals surface area contributed by atoms with Gasteiger partial charge in [0.2, 0.25) is 0 Å². The van der Waals surface area contributed by atoms with Crippen molar-refractivity contribution in [2.45, 2.75) is 73.8 Å². The summed E-state index contributed by atoms with van der Waals surface area (Å²) < 4.78 is 0. The van der Waals surface area contributed by atoms with Crippen LogP contribution in [0.1, 0.15) is 67.7 Å². The van der Waals surface area contributed by atoms with Crippen LogP contribution in [-0.2, 0) is 0 Å². The minimum atomic E-state index is -0.174. The fourth-order valence-corrected chi connectivity index (χ4v) is 1.96. The molecular weight excluding hydrogens is 184 g/mol. The largest absolute Gasteiger partial charge is 0.393 e. The van der Waals surface area contributed by atoms with E-state index in [1.54, 1.807) is 0 Å². The molecule has 2 atom stereocenters. The molecule has 0 rings (SSSR count). The Morgan fingerprint density at radius 3 is 1.73 bits per heavy atom. The highest BCUT2D eigenvalue weighted by molar-refractivity contribution is 4.82. The smallest absolute Gasteiger partial charge is 0.0593 e. The second-order valence-corrected chi connectivity index (χ2v) is 6.56. The van der Waals surface area contributed by atoms with Gasteiger partial charge >= 0.3 is 0 Å². The van der Waals surface area contributed by atoms with Gasteiger partial charge in [0, 0.05) is 0 Å². The molecule has 15 heavy (non-hydrogen) atoms. The molecule has 0 saturated heterocycles. The maximum atomic E-state index is 10.2. The Morgan fingerprint density at radius 2 is 1.47 bits per heavy atom. The number of aliphatic hydroxyl groups is 1. The standard InChI is InChI=1S/C14H30O/c1-8-11(13(3,4)5)10-12(15)14(6,7)9-2/h11-12,15H,8-10H2,1-7H3. The summed E-state index contributed by atoms with van der Waals surface area (Å²) in [6, 6.07) is 0. The van der Waals surface area contributed by atoms with Crippen LogP contribution in [0.4, 0.5) is 0 Å². The minimum Gasteiger partial charge on any atom is -0.393 e. The van der Waals surface area contributed by atoms with Crippen LogP contribution in [0.3, 0.4) is 0 Å². The molecule has 0 radical (unpaired) electrons. The van der Waals surface area contributed by atoms with Gasteiger partial charge in [-0.25, -0.2) is 0 Å². The van der Waals surface area contributed by atoms with E-state index in [9.17, 15) is 5.11 Å². The zero-order chi connectivity index (χ0) is 12.3. The van der Waals surface area contributed by atoms with Crippen molar-refractivity contribution in [3.8, 4) is 0 Å². The van der Waals surface area contributed by atoms with E-state index in [4.69, 9.17) is 0 Å². The van der Waals surface area contributed by atoms with Crippen molar-refractivity contribution in [2.75, 3.05) is 0 Å². The normalized spacial score (nSPS) is 17.6. The van der Waals surface area contributed by atoms with Crippen LogP contribution in [-0.4, -0.2) is 11.2 Å². The van der Waals surface area contributed by atoms with Gasteiger partial charge in [-0.05, 0) is 29.6 Å². The molecule has 0 bridgehead atoms. The first-order chi connectivity index (χ1) is 6.65. The molecule has 0 aliphatic heterocycles. The first-order valence-corrected chi connectivity index (χ1v) is 6.33. The van der Waals surface area contributed by atoms with E-state index in [0.29, 0.717) is 11.3 Å². The van der Waals surface area contributed by atoms with E-state index < -0.39 is 0 Å². The number of hydrogen-bond donors (Lipinski definition) is 1. The quantitative estimate of drug-likeness (QED) is 0.725. The molecule has 0 spiro atoms. The molecule has 0 saturated carbocycles. The van der Waals surface area contributed by atoms with Gasteiger partial charge < -0.3 is 5.11 Å². The highest BCUT2D eigenvalue weighted by Gasteiger charge is 2.32. The average Bonchev–Trinajstić information content (AvgIpc) is 2.11. The third kappa shape index (κ3) is 4.55. The molecule has 0 aliphatic rings. The van der Waals surface area contributed by atoms with Crippen LogP contribution in [0.5, 0.6) is 0 Å². The number of rotatable bonds is 5. The Morgan fingerprint density at radius 1 is 1.00 bits per heavy atom. The minimum absolute atomic E-state index is 0.0542. The fraction of sp³-hybridized carbons (Fsp3) is 1.00. The van der Waals surface area contributed by atoms with Gasteiger partial charge in [0.25, 0.3) is 0 Å². The van der Waals surface area contributed by atoms with Gasteiger partial charge in [0.05, 0.1) is 6.10 Å². The summed E-state index contributed by atoms with van der Waals surface area (Å²) in [5.41, 5.74) is 0.359. The Balaban J connectivity index is 4.44. The molecule has 0 aromatic rings. The lowest BCUT2D eigenvalue weighted by Crippen LogP contribution is -2.34. The Labute approximate surface area is 96.3 Å². The maximum absolute atomic E-state index is 10.2. The molecular formula is C14H30O. The SMILES string of the molecule is CCC(CC(O)C(C)(C)CC)C(C)(C)C. The molecule has 92 valence electrons. The molecule has 1 N–H and O–H groups in total. The summed E-state index contributed by atoms with van der Waals surface area (Å²) in [4.78, 5) is 0. The van der Waals surface area contributed by atoms with Crippen LogP contribution in [0.15, 0.2) is 0 Å². The molecule has 0 amide bonds. The molecule has 2 unspecified atom stereocenters. The second-order valence-electron chi connectivity index (χ2n) is 6.56. The molecule has 0 fully saturated rings. The van der Waals surface area contributed by atoms with E-state index in [-0.39, 0.29) is 11.5 Å². The van der Waals surface area contributed by atoms with Crippen LogP contribution >= 0.6 is 0 Å². The van der Waals surface area contributed by atoms with Crippen molar-refractivity contribution in [3.63, 3.8) is 0 Å². The molecule has 0 aromatic carbocycles. The first-order valence-electron chi connectivity index (χ1n) is 6.33.